The molecule has 1 aromatic carbocycles. The second kappa shape index (κ2) is 5.72. The number of halogens is 1. The molecule has 1 heterocycles. The molecule has 0 radical (unpaired) electrons. The quantitative estimate of drug-likeness (QED) is 0.742. The number of H-pyrrole nitrogens is 1. The molecule has 0 amide bonds. The SMILES string of the molecule is CC(C)(C)c1cc(C(=O)c2c[nH]cc2Cl)cc(C(C)(C)C)c1O. The highest BCUT2D eigenvalue weighted by Crippen LogP contribution is 2.40. The molecule has 124 valence electrons. The smallest absolute Gasteiger partial charge is 0.196 e. The van der Waals surface area contributed by atoms with Crippen molar-refractivity contribution >= 4 is 17.4 Å². The van der Waals surface area contributed by atoms with Gasteiger partial charge in [-0.15, -0.1) is 0 Å². The van der Waals surface area contributed by atoms with Crippen LogP contribution in [0.15, 0.2) is 24.5 Å². The van der Waals surface area contributed by atoms with Crippen molar-refractivity contribution in [3.63, 3.8) is 0 Å². The van der Waals surface area contributed by atoms with Crippen molar-refractivity contribution in [1.29, 1.82) is 0 Å². The largest absolute Gasteiger partial charge is 0.507 e. The van der Waals surface area contributed by atoms with E-state index in [0.717, 1.165) is 11.1 Å². The number of aromatic hydroxyl groups is 1. The minimum Gasteiger partial charge on any atom is -0.507 e. The standard InChI is InChI=1S/C19H24ClNO2/c1-18(2,3)13-7-11(8-14(17(13)23)19(4,5)6)16(22)12-9-21-10-15(12)20/h7-10,21,23H,1-6H3. The molecule has 2 aromatic rings. The Balaban J connectivity index is 2.70. The topological polar surface area (TPSA) is 53.1 Å². The molecule has 0 fully saturated rings. The number of ketones is 1. The van der Waals surface area contributed by atoms with Crippen molar-refractivity contribution in [1.82, 2.24) is 4.98 Å². The maximum Gasteiger partial charge on any atom is 0.196 e. The van der Waals surface area contributed by atoms with Gasteiger partial charge in [0, 0.05) is 29.1 Å². The summed E-state index contributed by atoms with van der Waals surface area (Å²) in [6.07, 6.45) is 3.19. The fourth-order valence-electron chi connectivity index (χ4n) is 2.58. The van der Waals surface area contributed by atoms with Crippen LogP contribution in [0.5, 0.6) is 5.75 Å². The van der Waals surface area contributed by atoms with Gasteiger partial charge in [-0.3, -0.25) is 4.79 Å². The van der Waals surface area contributed by atoms with Gasteiger partial charge in [0.25, 0.3) is 0 Å². The molecule has 0 saturated heterocycles. The molecule has 0 unspecified atom stereocenters. The van der Waals surface area contributed by atoms with E-state index >= 15 is 0 Å². The zero-order valence-corrected chi connectivity index (χ0v) is 15.3. The Hall–Kier alpha value is -1.74. The van der Waals surface area contributed by atoms with Crippen LogP contribution < -0.4 is 0 Å². The maximum atomic E-state index is 12.8. The lowest BCUT2D eigenvalue weighted by Crippen LogP contribution is -2.19. The molecule has 23 heavy (non-hydrogen) atoms. The normalized spacial score (nSPS) is 12.5. The Bertz CT molecular complexity index is 710. The summed E-state index contributed by atoms with van der Waals surface area (Å²) in [6, 6.07) is 3.55. The van der Waals surface area contributed by atoms with Crippen molar-refractivity contribution in [2.75, 3.05) is 0 Å². The van der Waals surface area contributed by atoms with Crippen molar-refractivity contribution in [2.24, 2.45) is 0 Å². The van der Waals surface area contributed by atoms with Gasteiger partial charge in [0.2, 0.25) is 0 Å². The molecular formula is C19H24ClNO2. The van der Waals surface area contributed by atoms with E-state index in [4.69, 9.17) is 11.6 Å². The third-order valence-electron chi connectivity index (χ3n) is 3.93. The average Bonchev–Trinajstić information content (AvgIpc) is 2.81. The Kier molecular flexibility index (Phi) is 4.38. The first-order chi connectivity index (χ1) is 10.4. The number of carbonyl (C=O) groups is 1. The Morgan fingerprint density at radius 3 is 1.83 bits per heavy atom. The number of benzene rings is 1. The number of hydrogen-bond acceptors (Lipinski definition) is 2. The minimum atomic E-state index is -0.275. The molecule has 2 rings (SSSR count). The summed E-state index contributed by atoms with van der Waals surface area (Å²) >= 11 is 6.07. The van der Waals surface area contributed by atoms with Crippen molar-refractivity contribution < 1.29 is 9.90 Å². The molecule has 4 heteroatoms. The Morgan fingerprint density at radius 1 is 1.00 bits per heavy atom. The Morgan fingerprint density at radius 2 is 1.48 bits per heavy atom. The monoisotopic (exact) mass is 333 g/mol. The zero-order valence-electron chi connectivity index (χ0n) is 14.5. The number of phenolic OH excluding ortho intramolecular Hbond substituents is 1. The number of hydrogen-bond donors (Lipinski definition) is 2. The van der Waals surface area contributed by atoms with Crippen LogP contribution in [-0.2, 0) is 10.8 Å². The van der Waals surface area contributed by atoms with E-state index < -0.39 is 0 Å². The van der Waals surface area contributed by atoms with E-state index in [1.807, 2.05) is 41.5 Å². The van der Waals surface area contributed by atoms with E-state index in [-0.39, 0.29) is 22.4 Å². The summed E-state index contributed by atoms with van der Waals surface area (Å²) in [5, 5.41) is 11.1. The maximum absolute atomic E-state index is 12.8. The van der Waals surface area contributed by atoms with Gasteiger partial charge in [-0.05, 0) is 23.0 Å². The lowest BCUT2D eigenvalue weighted by atomic mass is 9.78. The van der Waals surface area contributed by atoms with Gasteiger partial charge < -0.3 is 10.1 Å². The molecule has 0 aliphatic carbocycles. The molecule has 0 aliphatic heterocycles. The summed E-state index contributed by atoms with van der Waals surface area (Å²) in [5.74, 6) is 0.119. The summed E-state index contributed by atoms with van der Waals surface area (Å²) in [6.45, 7) is 12.1. The van der Waals surface area contributed by atoms with E-state index in [1.165, 1.54) is 0 Å². The lowest BCUT2D eigenvalue weighted by molar-refractivity contribution is 0.103. The second-order valence-electron chi connectivity index (χ2n) is 7.97. The summed E-state index contributed by atoms with van der Waals surface area (Å²) in [5.41, 5.74) is 1.96. The summed E-state index contributed by atoms with van der Waals surface area (Å²) in [7, 11) is 0. The van der Waals surface area contributed by atoms with Crippen molar-refractivity contribution in [3.05, 3.63) is 51.8 Å². The van der Waals surface area contributed by atoms with Crippen LogP contribution in [0.4, 0.5) is 0 Å². The molecule has 2 N–H and O–H groups in total. The van der Waals surface area contributed by atoms with Gasteiger partial charge in [0.1, 0.15) is 5.75 Å². The van der Waals surface area contributed by atoms with Gasteiger partial charge >= 0.3 is 0 Å². The van der Waals surface area contributed by atoms with E-state index in [0.29, 0.717) is 16.1 Å². The first-order valence-corrected chi connectivity index (χ1v) is 8.05. The first kappa shape index (κ1) is 17.6. The number of nitrogens with one attached hydrogen (secondary N) is 1. The van der Waals surface area contributed by atoms with E-state index in [9.17, 15) is 9.90 Å². The van der Waals surface area contributed by atoms with Crippen molar-refractivity contribution in [2.45, 2.75) is 52.4 Å². The van der Waals surface area contributed by atoms with Gasteiger partial charge in [-0.2, -0.15) is 0 Å². The third kappa shape index (κ3) is 3.45. The van der Waals surface area contributed by atoms with Gasteiger partial charge in [-0.1, -0.05) is 53.1 Å². The third-order valence-corrected chi connectivity index (χ3v) is 4.24. The highest BCUT2D eigenvalue weighted by atomic mass is 35.5. The summed E-state index contributed by atoms with van der Waals surface area (Å²) in [4.78, 5) is 15.7. The summed E-state index contributed by atoms with van der Waals surface area (Å²) < 4.78 is 0. The van der Waals surface area contributed by atoms with Crippen LogP contribution in [0.1, 0.15) is 68.6 Å². The lowest BCUT2D eigenvalue weighted by Gasteiger charge is -2.28. The molecule has 3 nitrogen and oxygen atoms in total. The predicted octanol–water partition coefficient (Wildman–Crippen LogP) is 5.20. The molecule has 0 atom stereocenters. The number of aromatic nitrogens is 1. The number of phenols is 1. The van der Waals surface area contributed by atoms with Crippen LogP contribution in [0, 0.1) is 0 Å². The highest BCUT2D eigenvalue weighted by Gasteiger charge is 2.28. The molecule has 0 aliphatic rings. The second-order valence-corrected chi connectivity index (χ2v) is 8.37. The van der Waals surface area contributed by atoms with Crippen LogP contribution in [0.3, 0.4) is 0 Å². The number of rotatable bonds is 2. The highest BCUT2D eigenvalue weighted by molar-refractivity contribution is 6.35. The van der Waals surface area contributed by atoms with Crippen LogP contribution in [0.2, 0.25) is 5.02 Å². The molecule has 0 bridgehead atoms. The van der Waals surface area contributed by atoms with Gasteiger partial charge in [0.05, 0.1) is 10.6 Å². The van der Waals surface area contributed by atoms with Crippen LogP contribution in [-0.4, -0.2) is 15.9 Å². The predicted molar refractivity (Wildman–Crippen MR) is 94.7 cm³/mol. The minimum absolute atomic E-state index is 0.146. The molecule has 1 aromatic heterocycles. The van der Waals surface area contributed by atoms with Gasteiger partial charge in [0.15, 0.2) is 5.78 Å². The number of aromatic amines is 1. The van der Waals surface area contributed by atoms with Crippen LogP contribution >= 0.6 is 11.6 Å². The zero-order chi connectivity index (χ0) is 17.6. The van der Waals surface area contributed by atoms with Crippen molar-refractivity contribution in [3.8, 4) is 5.75 Å². The molecule has 0 spiro atoms. The van der Waals surface area contributed by atoms with E-state index in [1.54, 1.807) is 24.5 Å². The molecular weight excluding hydrogens is 310 g/mol. The number of carbonyl (C=O) groups excluding carboxylic acids is 1. The Labute approximate surface area is 142 Å². The first-order valence-electron chi connectivity index (χ1n) is 7.68. The fraction of sp³-hybridized carbons (Fsp3) is 0.421. The van der Waals surface area contributed by atoms with E-state index in [2.05, 4.69) is 4.98 Å². The van der Waals surface area contributed by atoms with Gasteiger partial charge in [-0.25, -0.2) is 0 Å². The fourth-order valence-corrected chi connectivity index (χ4v) is 2.79. The molecule has 0 saturated carbocycles. The average molecular weight is 334 g/mol. The van der Waals surface area contributed by atoms with Crippen LogP contribution in [0.25, 0.3) is 0 Å².